The van der Waals surface area contributed by atoms with E-state index in [1.807, 2.05) is 12.1 Å². The number of hydrogen-bond acceptors (Lipinski definition) is 3. The molecule has 0 radical (unpaired) electrons. The average Bonchev–Trinajstić information content (AvgIpc) is 2.50. The smallest absolute Gasteiger partial charge is 0.0702 e. The minimum Gasteiger partial charge on any atom is -0.377 e. The molecule has 1 atom stereocenters. The number of hydrogen-bond donors (Lipinski definition) is 0. The maximum absolute atomic E-state index is 6.27. The van der Waals surface area contributed by atoms with Gasteiger partial charge in [-0.25, -0.2) is 0 Å². The first-order valence-corrected chi connectivity index (χ1v) is 8.04. The van der Waals surface area contributed by atoms with Crippen LogP contribution < -0.4 is 4.90 Å². The molecule has 0 unspecified atom stereocenters. The highest BCUT2D eigenvalue weighted by molar-refractivity contribution is 6.33. The van der Waals surface area contributed by atoms with Crippen LogP contribution in [0, 0.1) is 0 Å². The van der Waals surface area contributed by atoms with E-state index in [4.69, 9.17) is 16.3 Å². The van der Waals surface area contributed by atoms with Gasteiger partial charge in [-0.3, -0.25) is 4.90 Å². The van der Waals surface area contributed by atoms with Crippen LogP contribution in [0.2, 0.25) is 5.02 Å². The molecule has 20 heavy (non-hydrogen) atoms. The number of rotatable bonds is 3. The normalized spacial score (nSPS) is 24.9. The van der Waals surface area contributed by atoms with Gasteiger partial charge >= 0.3 is 0 Å². The van der Waals surface area contributed by atoms with Crippen LogP contribution in [0.25, 0.3) is 0 Å². The van der Waals surface area contributed by atoms with Crippen LogP contribution in [-0.2, 0) is 4.74 Å². The molecule has 3 rings (SSSR count). The zero-order valence-corrected chi connectivity index (χ0v) is 12.7. The summed E-state index contributed by atoms with van der Waals surface area (Å²) < 4.78 is 5.83. The van der Waals surface area contributed by atoms with Crippen molar-refractivity contribution in [1.29, 1.82) is 0 Å². The minimum atomic E-state index is 0.454. The number of anilines is 1. The molecular formula is C16H23ClN2O. The van der Waals surface area contributed by atoms with Crippen molar-refractivity contribution in [3.8, 4) is 0 Å². The third-order valence-electron chi connectivity index (χ3n) is 4.30. The summed E-state index contributed by atoms with van der Waals surface area (Å²) in [5.41, 5.74) is 1.17. The molecule has 1 aromatic rings. The summed E-state index contributed by atoms with van der Waals surface area (Å²) in [6.45, 7) is 6.35. The Bertz CT molecular complexity index is 426. The maximum Gasteiger partial charge on any atom is 0.0702 e. The third kappa shape index (κ3) is 3.46. The highest BCUT2D eigenvalue weighted by Crippen LogP contribution is 2.26. The molecule has 0 saturated carbocycles. The largest absolute Gasteiger partial charge is 0.377 e. The molecule has 0 bridgehead atoms. The van der Waals surface area contributed by atoms with Crippen LogP contribution in [-0.4, -0.2) is 50.3 Å². The Morgan fingerprint density at radius 3 is 2.60 bits per heavy atom. The van der Waals surface area contributed by atoms with Crippen molar-refractivity contribution in [2.45, 2.75) is 25.4 Å². The number of halogens is 1. The minimum absolute atomic E-state index is 0.454. The van der Waals surface area contributed by atoms with Crippen LogP contribution in [0.4, 0.5) is 5.69 Å². The summed E-state index contributed by atoms with van der Waals surface area (Å²) in [5.74, 6) is 0. The SMILES string of the molecule is Clc1ccccc1N1CCN(C[C@H]2CCCCO2)CC1. The Morgan fingerprint density at radius 1 is 1.10 bits per heavy atom. The van der Waals surface area contributed by atoms with Crippen LogP contribution in [0.1, 0.15) is 19.3 Å². The van der Waals surface area contributed by atoms with E-state index in [2.05, 4.69) is 21.9 Å². The predicted octanol–water partition coefficient (Wildman–Crippen LogP) is 3.03. The molecule has 0 N–H and O–H groups in total. The van der Waals surface area contributed by atoms with E-state index in [-0.39, 0.29) is 0 Å². The molecule has 3 nitrogen and oxygen atoms in total. The zero-order valence-electron chi connectivity index (χ0n) is 11.9. The first-order chi connectivity index (χ1) is 9.83. The highest BCUT2D eigenvalue weighted by Gasteiger charge is 2.22. The lowest BCUT2D eigenvalue weighted by Gasteiger charge is -2.38. The van der Waals surface area contributed by atoms with Crippen molar-refractivity contribution in [2.24, 2.45) is 0 Å². The van der Waals surface area contributed by atoms with Gasteiger partial charge in [-0.05, 0) is 31.4 Å². The Kier molecular flexibility index (Phi) is 4.81. The Labute approximate surface area is 126 Å². The van der Waals surface area contributed by atoms with Gasteiger partial charge in [0.2, 0.25) is 0 Å². The van der Waals surface area contributed by atoms with Gasteiger partial charge < -0.3 is 9.64 Å². The van der Waals surface area contributed by atoms with Crippen molar-refractivity contribution in [1.82, 2.24) is 4.90 Å². The fourth-order valence-electron chi connectivity index (χ4n) is 3.12. The lowest BCUT2D eigenvalue weighted by Crippen LogP contribution is -2.49. The van der Waals surface area contributed by atoms with Crippen LogP contribution in [0.5, 0.6) is 0 Å². The molecule has 0 spiro atoms. The van der Waals surface area contributed by atoms with Crippen molar-refractivity contribution in [3.05, 3.63) is 29.3 Å². The second-order valence-corrected chi connectivity index (χ2v) is 6.13. The quantitative estimate of drug-likeness (QED) is 0.852. The number of para-hydroxylation sites is 1. The van der Waals surface area contributed by atoms with Gasteiger partial charge in [0.25, 0.3) is 0 Å². The van der Waals surface area contributed by atoms with Crippen LogP contribution in [0.15, 0.2) is 24.3 Å². The van der Waals surface area contributed by atoms with Gasteiger partial charge in [0.1, 0.15) is 0 Å². The second-order valence-electron chi connectivity index (χ2n) is 5.73. The lowest BCUT2D eigenvalue weighted by molar-refractivity contribution is -0.00645. The predicted molar refractivity (Wildman–Crippen MR) is 83.7 cm³/mol. The molecule has 2 fully saturated rings. The van der Waals surface area contributed by atoms with Gasteiger partial charge in [-0.2, -0.15) is 0 Å². The number of benzene rings is 1. The van der Waals surface area contributed by atoms with Crippen molar-refractivity contribution < 1.29 is 4.74 Å². The van der Waals surface area contributed by atoms with E-state index in [0.29, 0.717) is 6.10 Å². The molecule has 2 saturated heterocycles. The molecule has 2 heterocycles. The summed E-state index contributed by atoms with van der Waals surface area (Å²) in [6, 6.07) is 8.13. The molecule has 1 aromatic carbocycles. The second kappa shape index (κ2) is 6.79. The molecule has 4 heteroatoms. The van der Waals surface area contributed by atoms with Crippen LogP contribution in [0.3, 0.4) is 0 Å². The van der Waals surface area contributed by atoms with Crippen molar-refractivity contribution >= 4 is 17.3 Å². The van der Waals surface area contributed by atoms with E-state index in [1.54, 1.807) is 0 Å². The molecule has 0 aliphatic carbocycles. The van der Waals surface area contributed by atoms with E-state index in [1.165, 1.54) is 24.9 Å². The molecular weight excluding hydrogens is 272 g/mol. The summed E-state index contributed by atoms with van der Waals surface area (Å²) in [6.07, 6.45) is 4.24. The topological polar surface area (TPSA) is 15.7 Å². The van der Waals surface area contributed by atoms with E-state index < -0.39 is 0 Å². The van der Waals surface area contributed by atoms with Gasteiger partial charge in [0.05, 0.1) is 16.8 Å². The Morgan fingerprint density at radius 2 is 1.90 bits per heavy atom. The lowest BCUT2D eigenvalue weighted by atomic mass is 10.1. The van der Waals surface area contributed by atoms with E-state index in [9.17, 15) is 0 Å². The van der Waals surface area contributed by atoms with Gasteiger partial charge in [-0.15, -0.1) is 0 Å². The molecule has 110 valence electrons. The Hall–Kier alpha value is -0.770. The number of piperazine rings is 1. The number of ether oxygens (including phenoxy) is 1. The molecule has 0 aromatic heterocycles. The van der Waals surface area contributed by atoms with Crippen molar-refractivity contribution in [2.75, 3.05) is 44.2 Å². The third-order valence-corrected chi connectivity index (χ3v) is 4.62. The van der Waals surface area contributed by atoms with Gasteiger partial charge in [0.15, 0.2) is 0 Å². The van der Waals surface area contributed by atoms with Gasteiger partial charge in [-0.1, -0.05) is 23.7 Å². The first-order valence-electron chi connectivity index (χ1n) is 7.66. The number of nitrogens with zero attached hydrogens (tertiary/aromatic N) is 2. The standard InChI is InChI=1S/C16H23ClN2O/c17-15-6-1-2-7-16(15)19-10-8-18(9-11-19)13-14-5-3-4-12-20-14/h1-2,6-7,14H,3-5,8-13H2/t14-/m1/s1. The summed E-state index contributed by atoms with van der Waals surface area (Å²) in [4.78, 5) is 4.92. The fraction of sp³-hybridized carbons (Fsp3) is 0.625. The zero-order chi connectivity index (χ0) is 13.8. The molecule has 2 aliphatic rings. The summed E-state index contributed by atoms with van der Waals surface area (Å²) in [7, 11) is 0. The highest BCUT2D eigenvalue weighted by atomic mass is 35.5. The summed E-state index contributed by atoms with van der Waals surface area (Å²) >= 11 is 6.27. The van der Waals surface area contributed by atoms with E-state index >= 15 is 0 Å². The summed E-state index contributed by atoms with van der Waals surface area (Å²) in [5, 5.41) is 0.858. The molecule has 0 amide bonds. The van der Waals surface area contributed by atoms with E-state index in [0.717, 1.165) is 44.4 Å². The van der Waals surface area contributed by atoms with Crippen molar-refractivity contribution in [3.63, 3.8) is 0 Å². The Balaban J connectivity index is 1.50. The average molecular weight is 295 g/mol. The van der Waals surface area contributed by atoms with Crippen LogP contribution >= 0.6 is 11.6 Å². The monoisotopic (exact) mass is 294 g/mol. The first kappa shape index (κ1) is 14.2. The maximum atomic E-state index is 6.27. The fourth-order valence-corrected chi connectivity index (χ4v) is 3.37. The molecule has 2 aliphatic heterocycles. The van der Waals surface area contributed by atoms with Gasteiger partial charge in [0, 0.05) is 39.3 Å².